The number of hydrogen-bond acceptors (Lipinski definition) is 6. The van der Waals surface area contributed by atoms with E-state index in [1.54, 1.807) is 24.3 Å². The van der Waals surface area contributed by atoms with E-state index in [0.29, 0.717) is 42.3 Å². The summed E-state index contributed by atoms with van der Waals surface area (Å²) in [6.45, 7) is 0.995. The van der Waals surface area contributed by atoms with Gasteiger partial charge >= 0.3 is 0 Å². The van der Waals surface area contributed by atoms with Crippen LogP contribution in [0.15, 0.2) is 36.4 Å². The fourth-order valence-corrected chi connectivity index (χ4v) is 2.60. The Labute approximate surface area is 161 Å². The van der Waals surface area contributed by atoms with Gasteiger partial charge in [0.25, 0.3) is 11.6 Å². The van der Waals surface area contributed by atoms with Crippen molar-refractivity contribution in [3.8, 4) is 11.5 Å². The van der Waals surface area contributed by atoms with Crippen LogP contribution in [0.3, 0.4) is 0 Å². The maximum Gasteiger partial charge on any atom is 0.271 e. The van der Waals surface area contributed by atoms with E-state index < -0.39 is 4.92 Å². The number of nitrogens with one attached hydrogen (secondary N) is 2. The van der Waals surface area contributed by atoms with Gasteiger partial charge in [-0.15, -0.1) is 0 Å². The molecule has 0 fully saturated rings. The summed E-state index contributed by atoms with van der Waals surface area (Å²) in [4.78, 5) is 22.4. The predicted octanol–water partition coefficient (Wildman–Crippen LogP) is 3.50. The van der Waals surface area contributed by atoms with Crippen molar-refractivity contribution in [2.75, 3.05) is 32.6 Å². The monoisotopic (exact) mass is 393 g/mol. The van der Waals surface area contributed by atoms with E-state index >= 15 is 0 Å². The van der Waals surface area contributed by atoms with Crippen molar-refractivity contribution in [3.05, 3.63) is 57.1 Å². The average molecular weight is 394 g/mol. The minimum atomic E-state index is -0.501. The second-order valence-electron chi connectivity index (χ2n) is 5.53. The molecule has 0 unspecified atom stereocenters. The molecule has 2 N–H and O–H groups in total. The number of non-ortho nitro benzene ring substituents is 1. The van der Waals surface area contributed by atoms with E-state index in [0.717, 1.165) is 0 Å². The third-order valence-electron chi connectivity index (χ3n) is 3.76. The molecule has 27 heavy (non-hydrogen) atoms. The normalized spacial score (nSPS) is 10.2. The fourth-order valence-electron chi connectivity index (χ4n) is 2.35. The van der Waals surface area contributed by atoms with Gasteiger partial charge in [-0.1, -0.05) is 11.6 Å². The lowest BCUT2D eigenvalue weighted by Gasteiger charge is -2.11. The largest absolute Gasteiger partial charge is 0.493 e. The molecule has 0 atom stereocenters. The fraction of sp³-hybridized carbons (Fsp3) is 0.278. The number of nitro benzene ring substituents is 1. The Morgan fingerprint density at radius 2 is 1.85 bits per heavy atom. The van der Waals surface area contributed by atoms with Crippen LogP contribution in [0.2, 0.25) is 5.02 Å². The molecule has 2 aromatic rings. The van der Waals surface area contributed by atoms with Gasteiger partial charge in [0.05, 0.1) is 29.9 Å². The molecule has 0 saturated carbocycles. The molecule has 0 aliphatic heterocycles. The van der Waals surface area contributed by atoms with Crippen LogP contribution in [0, 0.1) is 10.1 Å². The molecule has 1 amide bonds. The Morgan fingerprint density at radius 1 is 1.11 bits per heavy atom. The molecular weight excluding hydrogens is 374 g/mol. The van der Waals surface area contributed by atoms with Crippen molar-refractivity contribution in [3.63, 3.8) is 0 Å². The van der Waals surface area contributed by atoms with Gasteiger partial charge in [0.15, 0.2) is 11.5 Å². The first-order valence-corrected chi connectivity index (χ1v) is 8.52. The smallest absolute Gasteiger partial charge is 0.271 e. The van der Waals surface area contributed by atoms with E-state index in [2.05, 4.69) is 10.6 Å². The van der Waals surface area contributed by atoms with Gasteiger partial charge in [-0.05, 0) is 30.7 Å². The number of nitro groups is 1. The van der Waals surface area contributed by atoms with Crippen molar-refractivity contribution in [1.29, 1.82) is 0 Å². The number of carbonyl (C=O) groups excluding carboxylic acids is 1. The third kappa shape index (κ3) is 5.49. The molecule has 9 heteroatoms. The number of ether oxygens (including phenoxy) is 2. The topological polar surface area (TPSA) is 103 Å². The molecule has 0 saturated heterocycles. The highest BCUT2D eigenvalue weighted by Crippen LogP contribution is 2.28. The third-order valence-corrected chi connectivity index (χ3v) is 4.08. The van der Waals surface area contributed by atoms with E-state index in [4.69, 9.17) is 21.1 Å². The number of carbonyl (C=O) groups is 1. The summed E-state index contributed by atoms with van der Waals surface area (Å²) in [5, 5.41) is 16.9. The first-order chi connectivity index (χ1) is 13.0. The Balaban J connectivity index is 1.80. The minimum absolute atomic E-state index is 0.0623. The Bertz CT molecular complexity index is 829. The zero-order valence-electron chi connectivity index (χ0n) is 15.0. The Kier molecular flexibility index (Phi) is 7.25. The maximum atomic E-state index is 12.2. The number of hydrogen-bond donors (Lipinski definition) is 2. The van der Waals surface area contributed by atoms with Crippen LogP contribution >= 0.6 is 11.6 Å². The van der Waals surface area contributed by atoms with Crippen LogP contribution in [-0.4, -0.2) is 38.1 Å². The molecule has 0 aliphatic rings. The van der Waals surface area contributed by atoms with Crippen molar-refractivity contribution >= 4 is 28.9 Å². The molecular formula is C18H20ClN3O5. The summed E-state index contributed by atoms with van der Waals surface area (Å²) in [6.07, 6.45) is 0.645. The van der Waals surface area contributed by atoms with Crippen LogP contribution < -0.4 is 20.1 Å². The van der Waals surface area contributed by atoms with Crippen LogP contribution in [0.25, 0.3) is 0 Å². The number of benzene rings is 2. The summed E-state index contributed by atoms with van der Waals surface area (Å²) in [7, 11) is 3.04. The number of nitrogens with zero attached hydrogens (tertiary/aromatic N) is 1. The predicted molar refractivity (Wildman–Crippen MR) is 103 cm³/mol. The maximum absolute atomic E-state index is 12.2. The number of anilines is 1. The molecule has 0 aliphatic carbocycles. The second kappa shape index (κ2) is 9.63. The van der Waals surface area contributed by atoms with E-state index in [1.807, 2.05) is 0 Å². The standard InChI is InChI=1S/C18H20ClN3O5/c1-26-16-7-4-12(10-17(16)27-2)18(23)21-9-3-8-20-15-6-5-13(22(24)25)11-14(15)19/h4-7,10-11,20H,3,8-9H2,1-2H3,(H,21,23). The number of amides is 1. The Morgan fingerprint density at radius 3 is 2.48 bits per heavy atom. The van der Waals surface area contributed by atoms with Gasteiger partial charge in [0.1, 0.15) is 0 Å². The van der Waals surface area contributed by atoms with Crippen molar-refractivity contribution in [2.45, 2.75) is 6.42 Å². The van der Waals surface area contributed by atoms with E-state index in [9.17, 15) is 14.9 Å². The lowest BCUT2D eigenvalue weighted by atomic mass is 10.2. The number of halogens is 1. The molecule has 144 valence electrons. The summed E-state index contributed by atoms with van der Waals surface area (Å²) in [5.41, 5.74) is 1.01. The zero-order valence-corrected chi connectivity index (χ0v) is 15.7. The lowest BCUT2D eigenvalue weighted by molar-refractivity contribution is -0.384. The van der Waals surface area contributed by atoms with Gasteiger partial charge in [-0.3, -0.25) is 14.9 Å². The van der Waals surface area contributed by atoms with Crippen LogP contribution in [-0.2, 0) is 0 Å². The summed E-state index contributed by atoms with van der Waals surface area (Å²) in [5.74, 6) is 0.821. The quantitative estimate of drug-likeness (QED) is 0.384. The highest BCUT2D eigenvalue weighted by atomic mass is 35.5. The van der Waals surface area contributed by atoms with Gasteiger partial charge in [0, 0.05) is 30.8 Å². The van der Waals surface area contributed by atoms with Crippen molar-refractivity contribution < 1.29 is 19.2 Å². The Hall–Kier alpha value is -3.00. The van der Waals surface area contributed by atoms with Gasteiger partial charge in [-0.2, -0.15) is 0 Å². The molecule has 0 spiro atoms. The molecule has 2 rings (SSSR count). The molecule has 0 heterocycles. The SMILES string of the molecule is COc1ccc(C(=O)NCCCNc2ccc([N+](=O)[O-])cc2Cl)cc1OC. The first-order valence-electron chi connectivity index (χ1n) is 8.14. The minimum Gasteiger partial charge on any atom is -0.493 e. The summed E-state index contributed by atoms with van der Waals surface area (Å²) >= 11 is 6.01. The van der Waals surface area contributed by atoms with Gasteiger partial charge in [0.2, 0.25) is 0 Å². The van der Waals surface area contributed by atoms with Crippen LogP contribution in [0.1, 0.15) is 16.8 Å². The summed E-state index contributed by atoms with van der Waals surface area (Å²) < 4.78 is 10.3. The number of rotatable bonds is 9. The van der Waals surface area contributed by atoms with Gasteiger partial charge in [-0.25, -0.2) is 0 Å². The highest BCUT2D eigenvalue weighted by molar-refractivity contribution is 6.33. The van der Waals surface area contributed by atoms with Gasteiger partial charge < -0.3 is 20.1 Å². The first kappa shape index (κ1) is 20.3. The van der Waals surface area contributed by atoms with E-state index in [-0.39, 0.29) is 16.6 Å². The van der Waals surface area contributed by atoms with Crippen molar-refractivity contribution in [2.24, 2.45) is 0 Å². The lowest BCUT2D eigenvalue weighted by Crippen LogP contribution is -2.25. The molecule has 0 bridgehead atoms. The van der Waals surface area contributed by atoms with Crippen LogP contribution in [0.4, 0.5) is 11.4 Å². The highest BCUT2D eigenvalue weighted by Gasteiger charge is 2.11. The molecule has 0 radical (unpaired) electrons. The van der Waals surface area contributed by atoms with E-state index in [1.165, 1.54) is 26.4 Å². The molecule has 0 aromatic heterocycles. The number of methoxy groups -OCH3 is 2. The summed E-state index contributed by atoms with van der Waals surface area (Å²) in [6, 6.07) is 9.18. The second-order valence-corrected chi connectivity index (χ2v) is 5.93. The van der Waals surface area contributed by atoms with Crippen LogP contribution in [0.5, 0.6) is 11.5 Å². The zero-order chi connectivity index (χ0) is 19.8. The average Bonchev–Trinajstić information content (AvgIpc) is 2.67. The molecule has 8 nitrogen and oxygen atoms in total. The molecule has 2 aromatic carbocycles. The van der Waals surface area contributed by atoms with Crippen molar-refractivity contribution in [1.82, 2.24) is 5.32 Å².